The zero-order valence-electron chi connectivity index (χ0n) is 10.8. The fourth-order valence-corrected chi connectivity index (χ4v) is 2.37. The third-order valence-electron chi connectivity index (χ3n) is 2.86. The van der Waals surface area contributed by atoms with Crippen LogP contribution in [0.1, 0.15) is 30.9 Å². The first-order valence-electron chi connectivity index (χ1n) is 5.84. The molecule has 0 saturated carbocycles. The predicted molar refractivity (Wildman–Crippen MR) is 73.1 cm³/mol. The zero-order valence-corrected chi connectivity index (χ0v) is 12.3. The van der Waals surface area contributed by atoms with Gasteiger partial charge in [0.2, 0.25) is 0 Å². The van der Waals surface area contributed by atoms with Gasteiger partial charge in [-0.15, -0.1) is 0 Å². The van der Waals surface area contributed by atoms with Crippen LogP contribution in [0.15, 0.2) is 27.2 Å². The first-order chi connectivity index (χ1) is 9.21. The van der Waals surface area contributed by atoms with E-state index < -0.39 is 11.7 Å². The van der Waals surface area contributed by atoms with Crippen molar-refractivity contribution >= 4 is 21.7 Å². The summed E-state index contributed by atoms with van der Waals surface area (Å²) in [7, 11) is 0. The summed E-state index contributed by atoms with van der Waals surface area (Å²) in [6.07, 6.45) is -4.49. The summed E-state index contributed by atoms with van der Waals surface area (Å²) in [6, 6.07) is 3.88. The van der Waals surface area contributed by atoms with Crippen LogP contribution in [0.4, 0.5) is 19.0 Å². The largest absolute Gasteiger partial charge is 0.417 e. The van der Waals surface area contributed by atoms with Crippen LogP contribution < -0.4 is 5.73 Å². The summed E-state index contributed by atoms with van der Waals surface area (Å²) in [5, 5.41) is 3.58. The van der Waals surface area contributed by atoms with Crippen LogP contribution >= 0.6 is 15.9 Å². The number of alkyl halides is 3. The van der Waals surface area contributed by atoms with Crippen molar-refractivity contribution in [3.63, 3.8) is 0 Å². The maximum Gasteiger partial charge on any atom is 0.417 e. The Hall–Kier alpha value is -1.50. The number of nitrogens with two attached hydrogens (primary N) is 1. The molecular formula is C13H12BrF3N2O. The fourth-order valence-electron chi connectivity index (χ4n) is 2.01. The molecule has 0 aliphatic heterocycles. The number of halogens is 4. The molecule has 108 valence electrons. The van der Waals surface area contributed by atoms with Crippen LogP contribution in [0.5, 0.6) is 0 Å². The lowest BCUT2D eigenvalue weighted by Gasteiger charge is -2.13. The summed E-state index contributed by atoms with van der Waals surface area (Å²) in [4.78, 5) is 0. The smallest absolute Gasteiger partial charge is 0.381 e. The summed E-state index contributed by atoms with van der Waals surface area (Å²) in [5.74, 6) is 0.0874. The van der Waals surface area contributed by atoms with Crippen LogP contribution in [-0.4, -0.2) is 5.16 Å². The van der Waals surface area contributed by atoms with Gasteiger partial charge in [0.1, 0.15) is 0 Å². The molecule has 3 nitrogen and oxygen atoms in total. The molecule has 0 spiro atoms. The second-order valence-corrected chi connectivity index (χ2v) is 5.57. The predicted octanol–water partition coefficient (Wildman–Crippen LogP) is 4.83. The highest BCUT2D eigenvalue weighted by molar-refractivity contribution is 9.10. The van der Waals surface area contributed by atoms with Crippen molar-refractivity contribution in [2.75, 3.05) is 5.73 Å². The lowest BCUT2D eigenvalue weighted by atomic mass is 9.96. The van der Waals surface area contributed by atoms with Gasteiger partial charge in [-0.3, -0.25) is 0 Å². The quantitative estimate of drug-likeness (QED) is 0.845. The summed E-state index contributed by atoms with van der Waals surface area (Å²) in [5.41, 5.74) is 5.31. The number of hydrogen-bond donors (Lipinski definition) is 1. The molecule has 2 N–H and O–H groups in total. The van der Waals surface area contributed by atoms with Crippen molar-refractivity contribution in [1.82, 2.24) is 5.16 Å². The average Bonchev–Trinajstić information content (AvgIpc) is 2.70. The molecule has 0 amide bonds. The van der Waals surface area contributed by atoms with Crippen molar-refractivity contribution < 1.29 is 17.7 Å². The Morgan fingerprint density at radius 3 is 2.50 bits per heavy atom. The van der Waals surface area contributed by atoms with Crippen molar-refractivity contribution in [3.05, 3.63) is 33.8 Å². The standard InChI is InChI=1S/C13H12BrF3N2O/c1-6(2)10-11(20-19-12(10)18)8-4-3-7(14)5-9(8)13(15,16)17/h3-6H,1-2H3,(H2,18,19). The second kappa shape index (κ2) is 5.12. The van der Waals surface area contributed by atoms with E-state index in [1.54, 1.807) is 0 Å². The molecule has 2 rings (SSSR count). The number of hydrogen-bond acceptors (Lipinski definition) is 3. The summed E-state index contributed by atoms with van der Waals surface area (Å²) >= 11 is 3.04. The van der Waals surface area contributed by atoms with Crippen molar-refractivity contribution in [3.8, 4) is 11.3 Å². The molecule has 2 aromatic rings. The number of benzene rings is 1. The topological polar surface area (TPSA) is 52.0 Å². The number of anilines is 1. The molecular weight excluding hydrogens is 337 g/mol. The second-order valence-electron chi connectivity index (χ2n) is 4.65. The van der Waals surface area contributed by atoms with E-state index in [9.17, 15) is 13.2 Å². The third-order valence-corrected chi connectivity index (χ3v) is 3.36. The lowest BCUT2D eigenvalue weighted by molar-refractivity contribution is -0.137. The van der Waals surface area contributed by atoms with E-state index in [4.69, 9.17) is 10.3 Å². The van der Waals surface area contributed by atoms with Crippen LogP contribution in [0, 0.1) is 0 Å². The molecule has 0 unspecified atom stereocenters. The SMILES string of the molecule is CC(C)c1c(N)noc1-c1ccc(Br)cc1C(F)(F)F. The van der Waals surface area contributed by atoms with Gasteiger partial charge in [0, 0.05) is 15.6 Å². The maximum atomic E-state index is 13.1. The molecule has 1 aromatic heterocycles. The van der Waals surface area contributed by atoms with Crippen LogP contribution in [0.3, 0.4) is 0 Å². The first-order valence-corrected chi connectivity index (χ1v) is 6.63. The third kappa shape index (κ3) is 2.67. The van der Waals surface area contributed by atoms with Gasteiger partial charge in [0.05, 0.1) is 5.56 Å². The molecule has 0 aliphatic rings. The van der Waals surface area contributed by atoms with Gasteiger partial charge in [-0.1, -0.05) is 34.9 Å². The first kappa shape index (κ1) is 14.9. The Bertz CT molecular complexity index is 635. The molecule has 20 heavy (non-hydrogen) atoms. The Morgan fingerprint density at radius 2 is 1.95 bits per heavy atom. The average molecular weight is 349 g/mol. The van der Waals surface area contributed by atoms with Gasteiger partial charge in [-0.2, -0.15) is 13.2 Å². The van der Waals surface area contributed by atoms with Gasteiger partial charge >= 0.3 is 6.18 Å². The highest BCUT2D eigenvalue weighted by Crippen LogP contribution is 2.42. The summed E-state index contributed by atoms with van der Waals surface area (Å²) in [6.45, 7) is 3.64. The molecule has 0 fully saturated rings. The lowest BCUT2D eigenvalue weighted by Crippen LogP contribution is -2.08. The van der Waals surface area contributed by atoms with E-state index >= 15 is 0 Å². The van der Waals surface area contributed by atoms with Gasteiger partial charge in [0.25, 0.3) is 0 Å². The normalized spacial score (nSPS) is 12.2. The van der Waals surface area contributed by atoms with E-state index in [0.29, 0.717) is 10.0 Å². The van der Waals surface area contributed by atoms with Crippen molar-refractivity contribution in [1.29, 1.82) is 0 Å². The van der Waals surface area contributed by atoms with Crippen LogP contribution in [0.25, 0.3) is 11.3 Å². The van der Waals surface area contributed by atoms with Crippen molar-refractivity contribution in [2.45, 2.75) is 25.9 Å². The fraction of sp³-hybridized carbons (Fsp3) is 0.308. The molecule has 7 heteroatoms. The Morgan fingerprint density at radius 1 is 1.30 bits per heavy atom. The molecule has 0 aliphatic carbocycles. The molecule has 0 radical (unpaired) electrons. The Labute approximate surface area is 122 Å². The maximum absolute atomic E-state index is 13.1. The highest BCUT2D eigenvalue weighted by Gasteiger charge is 2.36. The number of rotatable bonds is 2. The Balaban J connectivity index is 2.71. The van der Waals surface area contributed by atoms with Gasteiger partial charge in [-0.05, 0) is 24.1 Å². The minimum absolute atomic E-state index is 0.0615. The van der Waals surface area contributed by atoms with Gasteiger partial charge in [0.15, 0.2) is 11.6 Å². The number of aromatic nitrogens is 1. The Kier molecular flexibility index (Phi) is 3.82. The van der Waals surface area contributed by atoms with E-state index in [-0.39, 0.29) is 23.1 Å². The molecule has 0 bridgehead atoms. The van der Waals surface area contributed by atoms with E-state index in [2.05, 4.69) is 21.1 Å². The molecule has 1 heterocycles. The highest BCUT2D eigenvalue weighted by atomic mass is 79.9. The zero-order chi connectivity index (χ0) is 15.1. The monoisotopic (exact) mass is 348 g/mol. The molecule has 0 atom stereocenters. The van der Waals surface area contributed by atoms with Crippen molar-refractivity contribution in [2.24, 2.45) is 0 Å². The van der Waals surface area contributed by atoms with Crippen LogP contribution in [-0.2, 0) is 6.18 Å². The van der Waals surface area contributed by atoms with E-state index in [1.807, 2.05) is 13.8 Å². The molecule has 1 aromatic carbocycles. The van der Waals surface area contributed by atoms with E-state index in [1.165, 1.54) is 12.1 Å². The van der Waals surface area contributed by atoms with Gasteiger partial charge < -0.3 is 10.3 Å². The van der Waals surface area contributed by atoms with Gasteiger partial charge in [-0.25, -0.2) is 0 Å². The minimum Gasteiger partial charge on any atom is -0.381 e. The van der Waals surface area contributed by atoms with E-state index in [0.717, 1.165) is 6.07 Å². The number of nitrogens with zero attached hydrogens (tertiary/aromatic N) is 1. The number of nitrogen functional groups attached to an aromatic ring is 1. The minimum atomic E-state index is -4.49. The van der Waals surface area contributed by atoms with Crippen LogP contribution in [0.2, 0.25) is 0 Å². The molecule has 0 saturated heterocycles. The summed E-state index contributed by atoms with van der Waals surface area (Å²) < 4.78 is 44.8.